The second-order valence-corrected chi connectivity index (χ2v) is 10.1. The Morgan fingerprint density at radius 1 is 0.920 bits per heavy atom. The highest BCUT2D eigenvalue weighted by Crippen LogP contribution is 2.75. The minimum absolute atomic E-state index is 0.0325. The average molecular weight is 354 g/mol. The molecular formula is C20H34O5. The van der Waals surface area contributed by atoms with E-state index in [2.05, 4.69) is 6.92 Å². The first-order valence-corrected chi connectivity index (χ1v) is 10.00. The van der Waals surface area contributed by atoms with E-state index in [1.807, 2.05) is 6.92 Å². The van der Waals surface area contributed by atoms with Crippen molar-refractivity contribution >= 4 is 0 Å². The van der Waals surface area contributed by atoms with Gasteiger partial charge in [0.2, 0.25) is 0 Å². The van der Waals surface area contributed by atoms with E-state index in [-0.39, 0.29) is 35.9 Å². The van der Waals surface area contributed by atoms with Crippen molar-refractivity contribution in [2.75, 3.05) is 13.2 Å². The van der Waals surface area contributed by atoms with E-state index >= 15 is 0 Å². The molecular weight excluding hydrogens is 320 g/mol. The van der Waals surface area contributed by atoms with Crippen LogP contribution in [0.25, 0.3) is 0 Å². The van der Waals surface area contributed by atoms with Crippen molar-refractivity contribution in [1.82, 2.24) is 0 Å². The maximum Gasteiger partial charge on any atom is 0.0930 e. The van der Waals surface area contributed by atoms with Crippen molar-refractivity contribution in [2.45, 2.75) is 76.6 Å². The third-order valence-electron chi connectivity index (χ3n) is 9.58. The van der Waals surface area contributed by atoms with E-state index in [0.717, 1.165) is 32.1 Å². The van der Waals surface area contributed by atoms with Crippen molar-refractivity contribution in [1.29, 1.82) is 0 Å². The molecule has 0 heterocycles. The van der Waals surface area contributed by atoms with Gasteiger partial charge in [0.25, 0.3) is 0 Å². The zero-order valence-corrected chi connectivity index (χ0v) is 15.5. The second kappa shape index (κ2) is 5.41. The molecule has 0 aromatic carbocycles. The Morgan fingerprint density at radius 3 is 2.28 bits per heavy atom. The molecule has 9 atom stereocenters. The molecule has 0 saturated heterocycles. The predicted octanol–water partition coefficient (Wildman–Crippen LogP) is 1.06. The van der Waals surface area contributed by atoms with Crippen LogP contribution in [0.3, 0.4) is 0 Å². The topological polar surface area (TPSA) is 101 Å². The molecule has 0 radical (unpaired) electrons. The van der Waals surface area contributed by atoms with E-state index in [0.29, 0.717) is 18.8 Å². The lowest BCUT2D eigenvalue weighted by molar-refractivity contribution is -0.249. The minimum atomic E-state index is -1.16. The van der Waals surface area contributed by atoms with Gasteiger partial charge in [-0.15, -0.1) is 0 Å². The highest BCUT2D eigenvalue weighted by molar-refractivity contribution is 5.22. The van der Waals surface area contributed by atoms with Crippen molar-refractivity contribution < 1.29 is 25.5 Å². The summed E-state index contributed by atoms with van der Waals surface area (Å²) in [5, 5.41) is 52.7. The zero-order chi connectivity index (χ0) is 18.3. The lowest BCUT2D eigenvalue weighted by Crippen LogP contribution is -2.67. The highest BCUT2D eigenvalue weighted by atomic mass is 16.3. The molecule has 5 N–H and O–H groups in total. The molecule has 1 unspecified atom stereocenters. The van der Waals surface area contributed by atoms with Gasteiger partial charge in [0.1, 0.15) is 0 Å². The first-order chi connectivity index (χ1) is 11.7. The molecule has 4 aliphatic carbocycles. The smallest absolute Gasteiger partial charge is 0.0930 e. The van der Waals surface area contributed by atoms with Crippen molar-refractivity contribution in [3.8, 4) is 0 Å². The van der Waals surface area contributed by atoms with E-state index in [1.165, 1.54) is 0 Å². The Labute approximate surface area is 150 Å². The van der Waals surface area contributed by atoms with Gasteiger partial charge in [0, 0.05) is 16.7 Å². The van der Waals surface area contributed by atoms with Crippen LogP contribution in [0.5, 0.6) is 0 Å². The number of hydrogen-bond acceptors (Lipinski definition) is 5. The molecule has 0 aromatic heterocycles. The van der Waals surface area contributed by atoms with E-state index < -0.39 is 23.2 Å². The summed E-state index contributed by atoms with van der Waals surface area (Å²) in [7, 11) is 0. The molecule has 0 aliphatic heterocycles. The average Bonchev–Trinajstić information content (AvgIpc) is 2.82. The Kier molecular flexibility index (Phi) is 3.94. The van der Waals surface area contributed by atoms with Crippen LogP contribution in [0.4, 0.5) is 0 Å². The van der Waals surface area contributed by atoms with Gasteiger partial charge in [-0.2, -0.15) is 0 Å². The Morgan fingerprint density at radius 2 is 1.64 bits per heavy atom. The molecule has 4 rings (SSSR count). The third kappa shape index (κ3) is 1.92. The van der Waals surface area contributed by atoms with Crippen LogP contribution >= 0.6 is 0 Å². The molecule has 4 saturated carbocycles. The fourth-order valence-corrected chi connectivity index (χ4v) is 8.07. The van der Waals surface area contributed by atoms with Gasteiger partial charge in [-0.05, 0) is 62.2 Å². The van der Waals surface area contributed by atoms with Crippen LogP contribution < -0.4 is 0 Å². The van der Waals surface area contributed by atoms with Gasteiger partial charge in [0.15, 0.2) is 0 Å². The van der Waals surface area contributed by atoms with Crippen LogP contribution in [0.1, 0.15) is 58.8 Å². The highest BCUT2D eigenvalue weighted by Gasteiger charge is 2.74. The van der Waals surface area contributed by atoms with Gasteiger partial charge >= 0.3 is 0 Å². The van der Waals surface area contributed by atoms with E-state index in [9.17, 15) is 25.5 Å². The summed E-state index contributed by atoms with van der Waals surface area (Å²) in [6.45, 7) is 3.95. The number of aliphatic hydroxyl groups is 5. The van der Waals surface area contributed by atoms with Gasteiger partial charge in [0.05, 0.1) is 31.0 Å². The van der Waals surface area contributed by atoms with Crippen LogP contribution in [0.15, 0.2) is 0 Å². The number of aliphatic hydroxyl groups excluding tert-OH is 4. The molecule has 4 aliphatic rings. The molecule has 144 valence electrons. The van der Waals surface area contributed by atoms with E-state index in [1.54, 1.807) is 0 Å². The summed E-state index contributed by atoms with van der Waals surface area (Å²) in [5.74, 6) is 0.255. The predicted molar refractivity (Wildman–Crippen MR) is 92.6 cm³/mol. The standard InChI is InChI=1S/C20H34O5/c1-17(10-21)14-4-3-12-9-13-16(24)20(12,8-7-19(13,25)11-22)18(14,2)6-5-15(17)23/h12-16,21-25H,3-11H2,1-2H3/t12-,13+,14-,15+,16-,17-,18-,19?,20+/m0/s1. The monoisotopic (exact) mass is 354 g/mol. The normalized spacial score (nSPS) is 60.8. The summed E-state index contributed by atoms with van der Waals surface area (Å²) >= 11 is 0. The van der Waals surface area contributed by atoms with Gasteiger partial charge < -0.3 is 25.5 Å². The molecule has 2 bridgehead atoms. The number of hydrogen-bond donors (Lipinski definition) is 5. The van der Waals surface area contributed by atoms with Crippen molar-refractivity contribution in [3.05, 3.63) is 0 Å². The fourth-order valence-electron chi connectivity index (χ4n) is 8.07. The summed E-state index contributed by atoms with van der Waals surface area (Å²) in [5.41, 5.74) is -2.12. The maximum atomic E-state index is 11.4. The largest absolute Gasteiger partial charge is 0.396 e. The molecule has 1 spiro atoms. The van der Waals surface area contributed by atoms with Crippen molar-refractivity contribution in [3.63, 3.8) is 0 Å². The Balaban J connectivity index is 1.80. The Hall–Kier alpha value is -0.200. The first-order valence-electron chi connectivity index (χ1n) is 10.00. The minimum Gasteiger partial charge on any atom is -0.396 e. The van der Waals surface area contributed by atoms with Gasteiger partial charge in [-0.3, -0.25) is 0 Å². The maximum absolute atomic E-state index is 11.4. The van der Waals surface area contributed by atoms with Crippen LogP contribution in [0, 0.1) is 34.0 Å². The molecule has 0 aromatic rings. The zero-order valence-electron chi connectivity index (χ0n) is 15.5. The molecule has 0 amide bonds. The third-order valence-corrected chi connectivity index (χ3v) is 9.58. The number of rotatable bonds is 2. The summed E-state index contributed by atoms with van der Waals surface area (Å²) in [6.07, 6.45) is 4.33. The quantitative estimate of drug-likeness (QED) is 0.510. The number of fused-ring (bicyclic) bond motifs is 2. The molecule has 4 fully saturated rings. The van der Waals surface area contributed by atoms with Gasteiger partial charge in [-0.1, -0.05) is 13.8 Å². The lowest BCUT2D eigenvalue weighted by Gasteiger charge is -2.67. The summed E-state index contributed by atoms with van der Waals surface area (Å²) in [4.78, 5) is 0. The second-order valence-electron chi connectivity index (χ2n) is 10.1. The van der Waals surface area contributed by atoms with E-state index in [4.69, 9.17) is 0 Å². The van der Waals surface area contributed by atoms with Crippen LogP contribution in [-0.4, -0.2) is 56.6 Å². The molecule has 5 heteroatoms. The molecule has 5 nitrogen and oxygen atoms in total. The summed E-state index contributed by atoms with van der Waals surface area (Å²) < 4.78 is 0. The van der Waals surface area contributed by atoms with Crippen LogP contribution in [0.2, 0.25) is 0 Å². The summed E-state index contributed by atoms with van der Waals surface area (Å²) in [6, 6.07) is 0. The first kappa shape index (κ1) is 18.2. The SMILES string of the molecule is C[C@@]1(CO)[C@H](O)CC[C@@]2(C)[C@H]1CC[C@H]1C[C@@H]3[C@H](O)[C@@]12CCC3(O)CO. The van der Waals surface area contributed by atoms with Crippen molar-refractivity contribution in [2.24, 2.45) is 34.0 Å². The van der Waals surface area contributed by atoms with Gasteiger partial charge in [-0.25, -0.2) is 0 Å². The van der Waals surface area contributed by atoms with Crippen LogP contribution in [-0.2, 0) is 0 Å². The lowest BCUT2D eigenvalue weighted by atomic mass is 9.38. The fraction of sp³-hybridized carbons (Fsp3) is 1.00. The molecule has 25 heavy (non-hydrogen) atoms. The Bertz CT molecular complexity index is 554.